The van der Waals surface area contributed by atoms with Gasteiger partial charge >= 0.3 is 0 Å². The van der Waals surface area contributed by atoms with Gasteiger partial charge in [-0.25, -0.2) is 0 Å². The summed E-state index contributed by atoms with van der Waals surface area (Å²) in [6, 6.07) is 7.74. The van der Waals surface area contributed by atoms with Gasteiger partial charge in [-0.2, -0.15) is 0 Å². The zero-order chi connectivity index (χ0) is 15.8. The second-order valence-corrected chi connectivity index (χ2v) is 6.48. The summed E-state index contributed by atoms with van der Waals surface area (Å²) < 4.78 is 6.53. The Kier molecular flexibility index (Phi) is 10.5. The predicted molar refractivity (Wildman–Crippen MR) is 96.6 cm³/mol. The van der Waals surface area contributed by atoms with Crippen LogP contribution in [0.3, 0.4) is 0 Å². The molecule has 6 heteroatoms. The number of carbonyl (C=O) groups is 1. The van der Waals surface area contributed by atoms with E-state index in [2.05, 4.69) is 29.8 Å². The molecule has 0 aliphatic carbocycles. The molecule has 1 aromatic rings. The lowest BCUT2D eigenvalue weighted by Gasteiger charge is -2.21. The van der Waals surface area contributed by atoms with Gasteiger partial charge in [0.15, 0.2) is 0 Å². The number of carbonyl (C=O) groups excluding carboxylic acids is 1. The van der Waals surface area contributed by atoms with Crippen molar-refractivity contribution in [2.75, 3.05) is 20.2 Å². The van der Waals surface area contributed by atoms with Gasteiger partial charge in [-0.1, -0.05) is 35.8 Å². The molecule has 1 aromatic carbocycles. The minimum absolute atomic E-state index is 0. The van der Waals surface area contributed by atoms with E-state index in [1.807, 2.05) is 31.3 Å². The smallest absolute Gasteiger partial charge is 0.225 e. The molecule has 0 fully saturated rings. The normalized spacial score (nSPS) is 11.7. The van der Waals surface area contributed by atoms with Crippen molar-refractivity contribution in [3.05, 3.63) is 28.7 Å². The van der Waals surface area contributed by atoms with Crippen molar-refractivity contribution in [3.63, 3.8) is 0 Å². The van der Waals surface area contributed by atoms with E-state index < -0.39 is 0 Å². The Hall–Kier alpha value is -0.780. The molecule has 1 atom stereocenters. The van der Waals surface area contributed by atoms with Gasteiger partial charge in [0.25, 0.3) is 0 Å². The second-order valence-electron chi connectivity index (χ2n) is 5.57. The fraction of sp³-hybridized carbons (Fsp3) is 0.562. The number of hydrogen-bond donors (Lipinski definition) is 1. The monoisotopic (exact) mass is 392 g/mol. The molecule has 0 saturated carbocycles. The molecule has 0 heterocycles. The number of benzene rings is 1. The van der Waals surface area contributed by atoms with Crippen molar-refractivity contribution in [1.82, 2.24) is 4.90 Å². The molecule has 0 bridgehead atoms. The number of rotatable bonds is 8. The summed E-state index contributed by atoms with van der Waals surface area (Å²) in [4.78, 5) is 13.7. The number of hydrogen-bond acceptors (Lipinski definition) is 3. The lowest BCUT2D eigenvalue weighted by molar-refractivity contribution is -0.130. The first-order chi connectivity index (χ1) is 9.90. The maximum absolute atomic E-state index is 12.0. The van der Waals surface area contributed by atoms with Crippen molar-refractivity contribution < 1.29 is 9.53 Å². The van der Waals surface area contributed by atoms with Gasteiger partial charge in [0.2, 0.25) is 5.91 Å². The molecule has 2 N–H and O–H groups in total. The molecule has 0 aliphatic heterocycles. The Morgan fingerprint density at radius 1 is 1.41 bits per heavy atom. The number of ether oxygens (including phenoxy) is 1. The van der Waals surface area contributed by atoms with Crippen LogP contribution in [0.2, 0.25) is 0 Å². The van der Waals surface area contributed by atoms with Gasteiger partial charge in [0.1, 0.15) is 5.75 Å². The highest BCUT2D eigenvalue weighted by Crippen LogP contribution is 2.17. The molecular formula is C16H26BrClN2O2. The number of amides is 1. The Morgan fingerprint density at radius 3 is 2.68 bits per heavy atom. The van der Waals surface area contributed by atoms with Crippen LogP contribution in [-0.2, 0) is 4.79 Å². The van der Waals surface area contributed by atoms with Crippen LogP contribution in [0.25, 0.3) is 0 Å². The lowest BCUT2D eigenvalue weighted by atomic mass is 10.0. The van der Waals surface area contributed by atoms with Crippen LogP contribution >= 0.6 is 28.3 Å². The highest BCUT2D eigenvalue weighted by Gasteiger charge is 2.12. The van der Waals surface area contributed by atoms with Gasteiger partial charge in [-0.15, -0.1) is 12.4 Å². The van der Waals surface area contributed by atoms with E-state index in [1.54, 1.807) is 4.90 Å². The third-order valence-corrected chi connectivity index (χ3v) is 3.95. The number of nitrogens with two attached hydrogens (primary N) is 1. The van der Waals surface area contributed by atoms with E-state index in [4.69, 9.17) is 10.5 Å². The Morgan fingerprint density at radius 2 is 2.09 bits per heavy atom. The quantitative estimate of drug-likeness (QED) is 0.735. The highest BCUT2D eigenvalue weighted by molar-refractivity contribution is 9.10. The predicted octanol–water partition coefficient (Wildman–Crippen LogP) is 3.47. The molecule has 22 heavy (non-hydrogen) atoms. The van der Waals surface area contributed by atoms with E-state index in [0.717, 1.165) is 16.6 Å². The summed E-state index contributed by atoms with van der Waals surface area (Å²) in [6.07, 6.45) is 1.20. The van der Waals surface area contributed by atoms with Crippen LogP contribution < -0.4 is 10.5 Å². The van der Waals surface area contributed by atoms with E-state index in [-0.39, 0.29) is 24.4 Å². The molecule has 1 rings (SSSR count). The molecule has 0 aromatic heterocycles. The zero-order valence-corrected chi connectivity index (χ0v) is 15.8. The van der Waals surface area contributed by atoms with Crippen LogP contribution in [0.5, 0.6) is 5.75 Å². The molecule has 0 spiro atoms. The van der Waals surface area contributed by atoms with Gasteiger partial charge in [-0.05, 0) is 30.5 Å². The first-order valence-corrected chi connectivity index (χ1v) is 8.07. The molecule has 4 nitrogen and oxygen atoms in total. The first-order valence-electron chi connectivity index (χ1n) is 7.28. The molecule has 126 valence electrons. The summed E-state index contributed by atoms with van der Waals surface area (Å²) in [7, 11) is 1.81. The van der Waals surface area contributed by atoms with E-state index in [0.29, 0.717) is 25.5 Å². The summed E-state index contributed by atoms with van der Waals surface area (Å²) in [6.45, 7) is 5.27. The maximum atomic E-state index is 12.0. The van der Waals surface area contributed by atoms with E-state index in [1.165, 1.54) is 0 Å². The molecule has 0 saturated heterocycles. The fourth-order valence-electron chi connectivity index (χ4n) is 1.80. The van der Waals surface area contributed by atoms with Crippen molar-refractivity contribution in [2.24, 2.45) is 11.7 Å². The summed E-state index contributed by atoms with van der Waals surface area (Å²) in [5.74, 6) is 1.29. The topological polar surface area (TPSA) is 55.6 Å². The first kappa shape index (κ1) is 21.2. The largest absolute Gasteiger partial charge is 0.493 e. The van der Waals surface area contributed by atoms with Crippen LogP contribution in [0, 0.1) is 5.92 Å². The van der Waals surface area contributed by atoms with Gasteiger partial charge < -0.3 is 15.4 Å². The fourth-order valence-corrected chi connectivity index (χ4v) is 2.18. The molecule has 1 unspecified atom stereocenters. The van der Waals surface area contributed by atoms with Crippen LogP contribution in [-0.4, -0.2) is 37.0 Å². The third kappa shape index (κ3) is 8.01. The lowest BCUT2D eigenvalue weighted by Crippen LogP contribution is -2.35. The van der Waals surface area contributed by atoms with Crippen LogP contribution in [0.15, 0.2) is 28.7 Å². The third-order valence-electron chi connectivity index (χ3n) is 3.46. The Balaban J connectivity index is 0.00000441. The minimum Gasteiger partial charge on any atom is -0.493 e. The highest BCUT2D eigenvalue weighted by atomic mass is 79.9. The van der Waals surface area contributed by atoms with Crippen molar-refractivity contribution in [3.8, 4) is 5.75 Å². The second kappa shape index (κ2) is 10.9. The van der Waals surface area contributed by atoms with Gasteiger partial charge in [-0.3, -0.25) is 4.79 Å². The Labute approximate surface area is 147 Å². The number of halogens is 2. The van der Waals surface area contributed by atoms with Crippen molar-refractivity contribution in [1.29, 1.82) is 0 Å². The minimum atomic E-state index is 0. The van der Waals surface area contributed by atoms with E-state index in [9.17, 15) is 4.79 Å². The SMILES string of the molecule is CC(C)C(N)CCN(C)C(=O)CCOc1cccc(Br)c1.Cl. The maximum Gasteiger partial charge on any atom is 0.225 e. The van der Waals surface area contributed by atoms with Crippen molar-refractivity contribution >= 4 is 34.2 Å². The molecule has 1 amide bonds. The van der Waals surface area contributed by atoms with Gasteiger partial charge in [0, 0.05) is 24.1 Å². The average molecular weight is 394 g/mol. The molecule has 0 aliphatic rings. The molecular weight excluding hydrogens is 368 g/mol. The van der Waals surface area contributed by atoms with Crippen molar-refractivity contribution in [2.45, 2.75) is 32.7 Å². The standard InChI is InChI=1S/C16H25BrN2O2.ClH/c1-12(2)15(18)7-9-19(3)16(20)8-10-21-14-6-4-5-13(17)11-14;/h4-6,11-12,15H,7-10,18H2,1-3H3;1H. The van der Waals surface area contributed by atoms with Gasteiger partial charge in [0.05, 0.1) is 13.0 Å². The average Bonchev–Trinajstić information content (AvgIpc) is 2.44. The number of nitrogens with zero attached hydrogens (tertiary/aromatic N) is 1. The summed E-state index contributed by atoms with van der Waals surface area (Å²) in [5, 5.41) is 0. The molecule has 0 radical (unpaired) electrons. The summed E-state index contributed by atoms with van der Waals surface area (Å²) >= 11 is 3.38. The van der Waals surface area contributed by atoms with Crippen LogP contribution in [0.1, 0.15) is 26.7 Å². The van der Waals surface area contributed by atoms with Crippen LogP contribution in [0.4, 0.5) is 0 Å². The Bertz CT molecular complexity index is 458. The summed E-state index contributed by atoms with van der Waals surface area (Å²) in [5.41, 5.74) is 5.99. The zero-order valence-electron chi connectivity index (χ0n) is 13.4. The van der Waals surface area contributed by atoms with E-state index >= 15 is 0 Å².